The van der Waals surface area contributed by atoms with Crippen LogP contribution in [0.2, 0.25) is 0 Å². The van der Waals surface area contributed by atoms with Crippen LogP contribution < -0.4 is 10.2 Å². The molecule has 3 aromatic rings. The van der Waals surface area contributed by atoms with Crippen LogP contribution in [0.5, 0.6) is 0 Å². The predicted octanol–water partition coefficient (Wildman–Crippen LogP) is 2.10. The zero-order chi connectivity index (χ0) is 18.1. The number of halogens is 2. The van der Waals surface area contributed by atoms with Crippen molar-refractivity contribution in [2.75, 3.05) is 18.0 Å². The van der Waals surface area contributed by atoms with Crippen LogP contribution in [0.3, 0.4) is 0 Å². The van der Waals surface area contributed by atoms with Crippen molar-refractivity contribution >= 4 is 22.6 Å². The van der Waals surface area contributed by atoms with Gasteiger partial charge in [-0.05, 0) is 30.7 Å². The number of aromatic nitrogens is 3. The first kappa shape index (κ1) is 16.4. The average Bonchev–Trinajstić information content (AvgIpc) is 3.23. The molecule has 1 saturated heterocycles. The highest BCUT2D eigenvalue weighted by Gasteiger charge is 2.27. The van der Waals surface area contributed by atoms with Gasteiger partial charge in [0.1, 0.15) is 29.4 Å². The Hall–Kier alpha value is -3.03. The van der Waals surface area contributed by atoms with Crippen LogP contribution >= 0.6 is 0 Å². The normalized spacial score (nSPS) is 17.0. The molecular formula is C18H17F2N5O. The van der Waals surface area contributed by atoms with Crippen molar-refractivity contribution < 1.29 is 13.6 Å². The van der Waals surface area contributed by atoms with Crippen molar-refractivity contribution in [1.82, 2.24) is 20.3 Å². The largest absolute Gasteiger partial charge is 0.365 e. The Kier molecular flexibility index (Phi) is 4.24. The van der Waals surface area contributed by atoms with E-state index >= 15 is 0 Å². The molecule has 1 aromatic heterocycles. The first-order valence-electron chi connectivity index (χ1n) is 8.38. The van der Waals surface area contributed by atoms with E-state index < -0.39 is 11.6 Å². The summed E-state index contributed by atoms with van der Waals surface area (Å²) in [7, 11) is 0. The standard InChI is InChI=1S/C18H17F2N5O/c19-13-4-3-5-14(20)18(13)24-9-8-12(10-24)21-17(26)11-25-16-7-2-1-6-15(16)22-23-25/h1-7,12H,8-11H2,(H,21,26). The van der Waals surface area contributed by atoms with Gasteiger partial charge in [0.05, 0.1) is 5.52 Å². The minimum absolute atomic E-state index is 0.0356. The smallest absolute Gasteiger partial charge is 0.242 e. The van der Waals surface area contributed by atoms with Crippen molar-refractivity contribution in [2.24, 2.45) is 0 Å². The molecule has 8 heteroatoms. The highest BCUT2D eigenvalue weighted by molar-refractivity contribution is 5.80. The van der Waals surface area contributed by atoms with Crippen LogP contribution in [-0.2, 0) is 11.3 Å². The van der Waals surface area contributed by atoms with Gasteiger partial charge in [0.25, 0.3) is 0 Å². The Morgan fingerprint density at radius 3 is 2.73 bits per heavy atom. The number of hydrogen-bond donors (Lipinski definition) is 1. The molecule has 134 valence electrons. The topological polar surface area (TPSA) is 63.1 Å². The summed E-state index contributed by atoms with van der Waals surface area (Å²) in [5.41, 5.74) is 1.47. The first-order chi connectivity index (χ1) is 12.6. The van der Waals surface area contributed by atoms with E-state index in [4.69, 9.17) is 0 Å². The van der Waals surface area contributed by atoms with Gasteiger partial charge in [0, 0.05) is 19.1 Å². The number of benzene rings is 2. The minimum Gasteiger partial charge on any atom is -0.365 e. The van der Waals surface area contributed by atoms with Crippen LogP contribution in [-0.4, -0.2) is 40.0 Å². The van der Waals surface area contributed by atoms with Crippen molar-refractivity contribution in [1.29, 1.82) is 0 Å². The fraction of sp³-hybridized carbons (Fsp3) is 0.278. The third-order valence-corrected chi connectivity index (χ3v) is 4.52. The molecule has 0 saturated carbocycles. The van der Waals surface area contributed by atoms with E-state index in [1.54, 1.807) is 4.90 Å². The molecule has 1 unspecified atom stereocenters. The lowest BCUT2D eigenvalue weighted by Crippen LogP contribution is -2.39. The summed E-state index contributed by atoms with van der Waals surface area (Å²) in [6.45, 7) is 0.891. The van der Waals surface area contributed by atoms with Crippen LogP contribution in [0.4, 0.5) is 14.5 Å². The van der Waals surface area contributed by atoms with Crippen molar-refractivity contribution in [3.63, 3.8) is 0 Å². The van der Waals surface area contributed by atoms with Crippen molar-refractivity contribution in [3.05, 3.63) is 54.1 Å². The molecule has 1 amide bonds. The maximum Gasteiger partial charge on any atom is 0.242 e. The molecule has 2 heterocycles. The van der Waals surface area contributed by atoms with Gasteiger partial charge in [-0.25, -0.2) is 13.5 Å². The van der Waals surface area contributed by atoms with Crippen LogP contribution in [0, 0.1) is 11.6 Å². The summed E-state index contributed by atoms with van der Waals surface area (Å²) in [5, 5.41) is 10.9. The number of amides is 1. The zero-order valence-electron chi connectivity index (χ0n) is 13.9. The number of rotatable bonds is 4. The molecule has 0 bridgehead atoms. The Bertz CT molecular complexity index is 937. The maximum absolute atomic E-state index is 13.9. The Morgan fingerprint density at radius 2 is 1.92 bits per heavy atom. The molecule has 1 aliphatic rings. The molecule has 26 heavy (non-hydrogen) atoms. The lowest BCUT2D eigenvalue weighted by Gasteiger charge is -2.20. The number of nitrogens with zero attached hydrogens (tertiary/aromatic N) is 4. The molecule has 2 aromatic carbocycles. The molecule has 1 N–H and O–H groups in total. The highest BCUT2D eigenvalue weighted by atomic mass is 19.1. The van der Waals surface area contributed by atoms with Crippen LogP contribution in [0.15, 0.2) is 42.5 Å². The Morgan fingerprint density at radius 1 is 1.15 bits per heavy atom. The molecule has 1 atom stereocenters. The van der Waals surface area contributed by atoms with E-state index in [0.717, 1.165) is 11.0 Å². The minimum atomic E-state index is -0.592. The molecule has 1 fully saturated rings. The fourth-order valence-corrected chi connectivity index (χ4v) is 3.32. The SMILES string of the molecule is O=C(Cn1nnc2ccccc21)NC1CCN(c2c(F)cccc2F)C1. The first-order valence-corrected chi connectivity index (χ1v) is 8.38. The van der Waals surface area contributed by atoms with E-state index in [0.29, 0.717) is 19.5 Å². The molecule has 1 aliphatic heterocycles. The molecule has 0 spiro atoms. The van der Waals surface area contributed by atoms with Gasteiger partial charge in [-0.15, -0.1) is 5.10 Å². The van der Waals surface area contributed by atoms with Gasteiger partial charge in [-0.2, -0.15) is 0 Å². The number of carbonyl (C=O) groups is 1. The maximum atomic E-state index is 13.9. The predicted molar refractivity (Wildman–Crippen MR) is 92.6 cm³/mol. The number of hydrogen-bond acceptors (Lipinski definition) is 4. The quantitative estimate of drug-likeness (QED) is 0.777. The number of fused-ring (bicyclic) bond motifs is 1. The van der Waals surface area contributed by atoms with E-state index in [1.807, 2.05) is 24.3 Å². The molecule has 0 radical (unpaired) electrons. The Balaban J connectivity index is 1.40. The fourth-order valence-electron chi connectivity index (χ4n) is 3.32. The summed E-state index contributed by atoms with van der Waals surface area (Å²) in [6, 6.07) is 11.0. The summed E-state index contributed by atoms with van der Waals surface area (Å²) < 4.78 is 29.3. The highest BCUT2D eigenvalue weighted by Crippen LogP contribution is 2.26. The van der Waals surface area contributed by atoms with Crippen molar-refractivity contribution in [2.45, 2.75) is 19.0 Å². The van der Waals surface area contributed by atoms with Gasteiger partial charge in [0.15, 0.2) is 0 Å². The second kappa shape index (κ2) is 6.70. The molecule has 4 rings (SSSR count). The number of carbonyl (C=O) groups excluding carboxylic acids is 1. The Labute approximate surface area is 148 Å². The lowest BCUT2D eigenvalue weighted by molar-refractivity contribution is -0.122. The van der Waals surface area contributed by atoms with Gasteiger partial charge in [-0.3, -0.25) is 4.79 Å². The van der Waals surface area contributed by atoms with E-state index in [9.17, 15) is 13.6 Å². The second-order valence-electron chi connectivity index (χ2n) is 6.31. The van der Waals surface area contributed by atoms with Gasteiger partial charge >= 0.3 is 0 Å². The zero-order valence-corrected chi connectivity index (χ0v) is 13.9. The summed E-state index contributed by atoms with van der Waals surface area (Å²) in [4.78, 5) is 13.9. The van der Waals surface area contributed by atoms with Gasteiger partial charge in [0.2, 0.25) is 5.91 Å². The number of nitrogens with one attached hydrogen (secondary N) is 1. The van der Waals surface area contributed by atoms with Crippen molar-refractivity contribution in [3.8, 4) is 0 Å². The van der Waals surface area contributed by atoms with E-state index in [1.165, 1.54) is 22.9 Å². The lowest BCUT2D eigenvalue weighted by atomic mass is 10.2. The monoisotopic (exact) mass is 357 g/mol. The van der Waals surface area contributed by atoms with Gasteiger partial charge < -0.3 is 10.2 Å². The molecular weight excluding hydrogens is 340 g/mol. The van der Waals surface area contributed by atoms with Crippen LogP contribution in [0.25, 0.3) is 11.0 Å². The number of para-hydroxylation sites is 2. The summed E-state index contributed by atoms with van der Waals surface area (Å²) >= 11 is 0. The van der Waals surface area contributed by atoms with Gasteiger partial charge in [-0.1, -0.05) is 23.4 Å². The van der Waals surface area contributed by atoms with E-state index in [-0.39, 0.29) is 24.2 Å². The third-order valence-electron chi connectivity index (χ3n) is 4.52. The summed E-state index contributed by atoms with van der Waals surface area (Å²) in [5.74, 6) is -1.39. The summed E-state index contributed by atoms with van der Waals surface area (Å²) in [6.07, 6.45) is 0.623. The third kappa shape index (κ3) is 3.10. The molecule has 0 aliphatic carbocycles. The second-order valence-corrected chi connectivity index (χ2v) is 6.31. The average molecular weight is 357 g/mol. The molecule has 6 nitrogen and oxygen atoms in total. The number of anilines is 1. The van der Waals surface area contributed by atoms with Crippen LogP contribution in [0.1, 0.15) is 6.42 Å². The van der Waals surface area contributed by atoms with E-state index in [2.05, 4.69) is 15.6 Å².